The Balaban J connectivity index is 1.88. The van der Waals surface area contributed by atoms with Crippen molar-refractivity contribution in [2.45, 2.75) is 31.2 Å². The van der Waals surface area contributed by atoms with E-state index in [0.717, 1.165) is 25.1 Å². The van der Waals surface area contributed by atoms with Crippen LogP contribution >= 0.6 is 0 Å². The molecule has 1 fully saturated rings. The smallest absolute Gasteiger partial charge is 0.247 e. The lowest BCUT2D eigenvalue weighted by Crippen LogP contribution is -2.59. The number of aryl methyl sites for hydroxylation is 1. The number of carbonyl (C=O) groups excluding carboxylic acids is 1. The largest absolute Gasteiger partial charge is 0.381 e. The van der Waals surface area contributed by atoms with Crippen molar-refractivity contribution in [1.82, 2.24) is 0 Å². The van der Waals surface area contributed by atoms with E-state index in [1.54, 1.807) is 0 Å². The highest BCUT2D eigenvalue weighted by atomic mass is 16.5. The minimum absolute atomic E-state index is 0.0583. The summed E-state index contributed by atoms with van der Waals surface area (Å²) in [6, 6.07) is 8.13. The molecule has 2 aliphatic rings. The molecule has 0 atom stereocenters. The van der Waals surface area contributed by atoms with Gasteiger partial charge < -0.3 is 15.4 Å². The van der Waals surface area contributed by atoms with Crippen LogP contribution in [0.3, 0.4) is 0 Å². The molecular weight excluding hydrogens is 240 g/mol. The number of amides is 1. The molecule has 4 heteroatoms. The Kier molecular flexibility index (Phi) is 3.29. The highest BCUT2D eigenvalue weighted by Gasteiger charge is 2.40. The molecule has 1 amide bonds. The molecule has 0 radical (unpaired) electrons. The third kappa shape index (κ3) is 2.26. The van der Waals surface area contributed by atoms with E-state index in [9.17, 15) is 4.79 Å². The van der Waals surface area contributed by atoms with E-state index in [1.807, 2.05) is 23.1 Å². The van der Waals surface area contributed by atoms with Gasteiger partial charge >= 0.3 is 0 Å². The number of anilines is 1. The second-order valence-electron chi connectivity index (χ2n) is 5.46. The molecule has 1 aromatic rings. The van der Waals surface area contributed by atoms with Gasteiger partial charge in [-0.25, -0.2) is 0 Å². The summed E-state index contributed by atoms with van der Waals surface area (Å²) in [6.45, 7) is 1.94. The van der Waals surface area contributed by atoms with Crippen molar-refractivity contribution in [3.05, 3.63) is 29.8 Å². The van der Waals surface area contributed by atoms with Crippen molar-refractivity contribution >= 4 is 11.6 Å². The molecule has 1 saturated heterocycles. The molecule has 0 aromatic heterocycles. The van der Waals surface area contributed by atoms with E-state index < -0.39 is 5.54 Å². The average Bonchev–Trinajstić information content (AvgIpc) is 2.47. The third-order valence-corrected chi connectivity index (χ3v) is 4.17. The van der Waals surface area contributed by atoms with Gasteiger partial charge in [0.2, 0.25) is 5.91 Å². The summed E-state index contributed by atoms with van der Waals surface area (Å²) in [6.07, 6.45) is 3.28. The summed E-state index contributed by atoms with van der Waals surface area (Å²) in [5.74, 6) is 0.0583. The van der Waals surface area contributed by atoms with Gasteiger partial charge in [0.25, 0.3) is 0 Å². The number of rotatable bonds is 1. The van der Waals surface area contributed by atoms with Gasteiger partial charge in [-0.1, -0.05) is 18.2 Å². The monoisotopic (exact) mass is 260 g/mol. The Hall–Kier alpha value is -1.39. The van der Waals surface area contributed by atoms with Gasteiger partial charge in [0.15, 0.2) is 0 Å². The Morgan fingerprint density at radius 2 is 2.00 bits per heavy atom. The summed E-state index contributed by atoms with van der Waals surface area (Å²) in [4.78, 5) is 14.7. The minimum atomic E-state index is -0.747. The predicted molar refractivity (Wildman–Crippen MR) is 74.1 cm³/mol. The Labute approximate surface area is 113 Å². The van der Waals surface area contributed by atoms with Gasteiger partial charge in [0, 0.05) is 25.4 Å². The summed E-state index contributed by atoms with van der Waals surface area (Å²) in [5, 5.41) is 0. The van der Waals surface area contributed by atoms with Crippen LogP contribution in [0.4, 0.5) is 5.69 Å². The molecule has 2 aliphatic heterocycles. The first-order valence-corrected chi connectivity index (χ1v) is 6.97. The maximum absolute atomic E-state index is 12.8. The molecule has 102 valence electrons. The highest BCUT2D eigenvalue weighted by molar-refractivity contribution is 6.01. The zero-order chi connectivity index (χ0) is 13.3. The lowest BCUT2D eigenvalue weighted by molar-refractivity contribution is -0.127. The number of ether oxygens (including phenoxy) is 1. The molecular formula is C15H20N2O2. The molecule has 4 nitrogen and oxygen atoms in total. The Bertz CT molecular complexity index is 481. The van der Waals surface area contributed by atoms with Crippen LogP contribution in [0, 0.1) is 0 Å². The van der Waals surface area contributed by atoms with E-state index in [4.69, 9.17) is 10.5 Å². The number of carbonyl (C=O) groups is 1. The van der Waals surface area contributed by atoms with Gasteiger partial charge in [0.1, 0.15) is 5.54 Å². The molecule has 2 heterocycles. The molecule has 0 aliphatic carbocycles. The quantitative estimate of drug-likeness (QED) is 0.832. The second-order valence-corrected chi connectivity index (χ2v) is 5.46. The molecule has 3 rings (SSSR count). The van der Waals surface area contributed by atoms with Crippen molar-refractivity contribution in [3.63, 3.8) is 0 Å². The first-order valence-electron chi connectivity index (χ1n) is 6.97. The van der Waals surface area contributed by atoms with E-state index >= 15 is 0 Å². The van der Waals surface area contributed by atoms with Crippen LogP contribution in [-0.2, 0) is 16.0 Å². The number of hydrogen-bond donors (Lipinski definition) is 1. The number of nitrogens with zero attached hydrogens (tertiary/aromatic N) is 1. The van der Waals surface area contributed by atoms with Gasteiger partial charge in [-0.2, -0.15) is 0 Å². The number of nitrogens with two attached hydrogens (primary N) is 1. The third-order valence-electron chi connectivity index (χ3n) is 4.17. The fourth-order valence-corrected chi connectivity index (χ4v) is 2.96. The van der Waals surface area contributed by atoms with Gasteiger partial charge in [-0.15, -0.1) is 0 Å². The molecule has 1 aromatic carbocycles. The van der Waals surface area contributed by atoms with Crippen LogP contribution in [0.2, 0.25) is 0 Å². The predicted octanol–water partition coefficient (Wildman–Crippen LogP) is 1.47. The number of benzene rings is 1. The van der Waals surface area contributed by atoms with E-state index in [-0.39, 0.29) is 5.91 Å². The van der Waals surface area contributed by atoms with Crippen molar-refractivity contribution in [3.8, 4) is 0 Å². The zero-order valence-corrected chi connectivity index (χ0v) is 11.1. The average molecular weight is 260 g/mol. The van der Waals surface area contributed by atoms with Crippen molar-refractivity contribution < 1.29 is 9.53 Å². The van der Waals surface area contributed by atoms with Crippen LogP contribution in [0.15, 0.2) is 24.3 Å². The molecule has 0 bridgehead atoms. The highest BCUT2D eigenvalue weighted by Crippen LogP contribution is 2.30. The Morgan fingerprint density at radius 3 is 2.79 bits per heavy atom. The SMILES string of the molecule is NC1(C(=O)N2CCCc3ccccc32)CCOCC1. The fraction of sp³-hybridized carbons (Fsp3) is 0.533. The van der Waals surface area contributed by atoms with Gasteiger partial charge in [-0.3, -0.25) is 4.79 Å². The lowest BCUT2D eigenvalue weighted by Gasteiger charge is -2.39. The summed E-state index contributed by atoms with van der Waals surface area (Å²) in [5.41, 5.74) is 7.86. The van der Waals surface area contributed by atoms with Crippen molar-refractivity contribution in [1.29, 1.82) is 0 Å². The lowest BCUT2D eigenvalue weighted by atomic mass is 9.88. The number of fused-ring (bicyclic) bond motifs is 1. The second kappa shape index (κ2) is 4.94. The van der Waals surface area contributed by atoms with Crippen molar-refractivity contribution in [2.75, 3.05) is 24.7 Å². The standard InChI is InChI=1S/C15H20N2O2/c16-15(7-10-19-11-8-15)14(18)17-9-3-5-12-4-1-2-6-13(12)17/h1-2,4,6H,3,5,7-11,16H2. The van der Waals surface area contributed by atoms with E-state index in [2.05, 4.69) is 6.07 Å². The maximum Gasteiger partial charge on any atom is 0.247 e. The normalized spacial score (nSPS) is 21.8. The molecule has 0 saturated carbocycles. The van der Waals surface area contributed by atoms with Crippen LogP contribution < -0.4 is 10.6 Å². The maximum atomic E-state index is 12.8. The minimum Gasteiger partial charge on any atom is -0.381 e. The van der Waals surface area contributed by atoms with Gasteiger partial charge in [-0.05, 0) is 37.3 Å². The van der Waals surface area contributed by atoms with Crippen molar-refractivity contribution in [2.24, 2.45) is 5.73 Å². The summed E-state index contributed by atoms with van der Waals surface area (Å²) < 4.78 is 5.32. The van der Waals surface area contributed by atoms with Crippen LogP contribution in [-0.4, -0.2) is 31.2 Å². The van der Waals surface area contributed by atoms with Crippen LogP contribution in [0.1, 0.15) is 24.8 Å². The molecule has 0 unspecified atom stereocenters. The van der Waals surface area contributed by atoms with Crippen LogP contribution in [0.5, 0.6) is 0 Å². The van der Waals surface area contributed by atoms with E-state index in [1.165, 1.54) is 5.56 Å². The zero-order valence-electron chi connectivity index (χ0n) is 11.1. The summed E-state index contributed by atoms with van der Waals surface area (Å²) in [7, 11) is 0. The van der Waals surface area contributed by atoms with E-state index in [0.29, 0.717) is 26.1 Å². The molecule has 2 N–H and O–H groups in total. The first kappa shape index (κ1) is 12.6. The first-order chi connectivity index (χ1) is 9.21. The summed E-state index contributed by atoms with van der Waals surface area (Å²) >= 11 is 0. The Morgan fingerprint density at radius 1 is 1.26 bits per heavy atom. The van der Waals surface area contributed by atoms with Gasteiger partial charge in [0.05, 0.1) is 0 Å². The van der Waals surface area contributed by atoms with Crippen LogP contribution in [0.25, 0.3) is 0 Å². The topological polar surface area (TPSA) is 55.6 Å². The fourth-order valence-electron chi connectivity index (χ4n) is 2.96. The number of para-hydroxylation sites is 1. The molecule has 0 spiro atoms. The number of hydrogen-bond acceptors (Lipinski definition) is 3. The molecule has 19 heavy (non-hydrogen) atoms.